The molecule has 2 aromatic carbocycles. The normalized spacial score (nSPS) is 10.6. The lowest BCUT2D eigenvalue weighted by molar-refractivity contribution is 0.0784. The van der Waals surface area contributed by atoms with Crippen LogP contribution in [0.3, 0.4) is 0 Å². The zero-order valence-corrected chi connectivity index (χ0v) is 15.6. The first kappa shape index (κ1) is 17.7. The molecule has 1 amide bonds. The number of nitrogens with zero attached hydrogens (tertiary/aromatic N) is 4. The van der Waals surface area contributed by atoms with Gasteiger partial charge < -0.3 is 4.90 Å². The number of para-hydroxylation sites is 1. The second kappa shape index (κ2) is 7.88. The van der Waals surface area contributed by atoms with Crippen molar-refractivity contribution in [3.63, 3.8) is 0 Å². The Morgan fingerprint density at radius 2 is 1.64 bits per heavy atom. The Morgan fingerprint density at radius 1 is 0.929 bits per heavy atom. The summed E-state index contributed by atoms with van der Waals surface area (Å²) in [6.07, 6.45) is 5.33. The fourth-order valence-corrected chi connectivity index (χ4v) is 3.02. The second-order valence-electron chi connectivity index (χ2n) is 6.59. The maximum absolute atomic E-state index is 12.7. The summed E-state index contributed by atoms with van der Waals surface area (Å²) in [6, 6.07) is 23.5. The van der Waals surface area contributed by atoms with E-state index in [2.05, 4.69) is 10.1 Å². The average Bonchev–Trinajstić information content (AvgIpc) is 3.25. The summed E-state index contributed by atoms with van der Waals surface area (Å²) in [4.78, 5) is 18.8. The van der Waals surface area contributed by atoms with Crippen LogP contribution in [-0.2, 0) is 6.54 Å². The van der Waals surface area contributed by atoms with E-state index in [4.69, 9.17) is 0 Å². The van der Waals surface area contributed by atoms with Gasteiger partial charge in [-0.05, 0) is 29.8 Å². The molecule has 0 atom stereocenters. The Morgan fingerprint density at radius 3 is 2.32 bits per heavy atom. The molecule has 5 nitrogen and oxygen atoms in total. The Kier molecular flexibility index (Phi) is 4.97. The number of aromatic nitrogens is 3. The molecule has 0 spiro atoms. The molecule has 4 rings (SSSR count). The minimum absolute atomic E-state index is 0.0529. The summed E-state index contributed by atoms with van der Waals surface area (Å²) in [5.74, 6) is -0.0529. The van der Waals surface area contributed by atoms with E-state index < -0.39 is 0 Å². The lowest BCUT2D eigenvalue weighted by Gasteiger charge is -2.17. The predicted octanol–water partition coefficient (Wildman–Crippen LogP) is 4.21. The summed E-state index contributed by atoms with van der Waals surface area (Å²) in [5.41, 5.74) is 4.34. The number of amides is 1. The molecule has 28 heavy (non-hydrogen) atoms. The van der Waals surface area contributed by atoms with Gasteiger partial charge in [0, 0.05) is 31.5 Å². The highest BCUT2D eigenvalue weighted by Gasteiger charge is 2.13. The fraction of sp³-hybridized carbons (Fsp3) is 0.0870. The molecule has 5 heteroatoms. The molecule has 0 N–H and O–H groups in total. The maximum atomic E-state index is 12.7. The van der Waals surface area contributed by atoms with E-state index in [-0.39, 0.29) is 5.91 Å². The Labute approximate surface area is 163 Å². The summed E-state index contributed by atoms with van der Waals surface area (Å²) in [5, 5.41) is 4.40. The van der Waals surface area contributed by atoms with E-state index in [1.54, 1.807) is 24.3 Å². The lowest BCUT2D eigenvalue weighted by Crippen LogP contribution is -2.26. The Balaban J connectivity index is 1.48. The van der Waals surface area contributed by atoms with Gasteiger partial charge in [-0.1, -0.05) is 48.5 Å². The smallest absolute Gasteiger partial charge is 0.255 e. The second-order valence-corrected chi connectivity index (χ2v) is 6.59. The molecular weight excluding hydrogens is 348 g/mol. The van der Waals surface area contributed by atoms with Crippen LogP contribution in [0.2, 0.25) is 0 Å². The fourth-order valence-electron chi connectivity index (χ4n) is 3.02. The highest BCUT2D eigenvalue weighted by molar-refractivity contribution is 5.94. The number of pyridine rings is 1. The lowest BCUT2D eigenvalue weighted by atomic mass is 10.1. The molecule has 0 bridgehead atoms. The SMILES string of the molecule is CN(Cc1ccccc1)C(=O)c1ccc(-c2cnn(-c3ccccc3)c2)nc1. The van der Waals surface area contributed by atoms with E-state index in [1.165, 1.54) is 0 Å². The van der Waals surface area contributed by atoms with Gasteiger partial charge in [0.25, 0.3) is 5.91 Å². The van der Waals surface area contributed by atoms with Crippen LogP contribution in [0.1, 0.15) is 15.9 Å². The Hall–Kier alpha value is -3.73. The molecule has 2 heterocycles. The molecule has 4 aromatic rings. The number of hydrogen-bond acceptors (Lipinski definition) is 3. The third-order valence-corrected chi connectivity index (χ3v) is 4.52. The third-order valence-electron chi connectivity index (χ3n) is 4.52. The van der Waals surface area contributed by atoms with E-state index in [1.807, 2.05) is 83.7 Å². The van der Waals surface area contributed by atoms with Crippen molar-refractivity contribution in [2.75, 3.05) is 7.05 Å². The molecule has 2 aromatic heterocycles. The van der Waals surface area contributed by atoms with E-state index >= 15 is 0 Å². The molecular formula is C23H20N4O. The van der Waals surface area contributed by atoms with Gasteiger partial charge in [-0.3, -0.25) is 9.78 Å². The van der Waals surface area contributed by atoms with Crippen molar-refractivity contribution in [1.29, 1.82) is 0 Å². The van der Waals surface area contributed by atoms with Gasteiger partial charge in [0.15, 0.2) is 0 Å². The molecule has 0 fully saturated rings. The molecule has 0 radical (unpaired) electrons. The van der Waals surface area contributed by atoms with Crippen molar-refractivity contribution in [2.45, 2.75) is 6.54 Å². The standard InChI is InChI=1S/C23H20N4O/c1-26(16-18-8-4-2-5-9-18)23(28)19-12-13-22(24-14-19)20-15-25-27(17-20)21-10-6-3-7-11-21/h2-15,17H,16H2,1H3. The van der Waals surface area contributed by atoms with Crippen molar-refractivity contribution in [2.24, 2.45) is 0 Å². The highest BCUT2D eigenvalue weighted by atomic mass is 16.2. The van der Waals surface area contributed by atoms with Crippen molar-refractivity contribution in [1.82, 2.24) is 19.7 Å². The number of benzene rings is 2. The first-order valence-electron chi connectivity index (χ1n) is 9.06. The maximum Gasteiger partial charge on any atom is 0.255 e. The predicted molar refractivity (Wildman–Crippen MR) is 109 cm³/mol. The zero-order valence-electron chi connectivity index (χ0n) is 15.6. The summed E-state index contributed by atoms with van der Waals surface area (Å²) in [7, 11) is 1.80. The largest absolute Gasteiger partial charge is 0.337 e. The van der Waals surface area contributed by atoms with Crippen molar-refractivity contribution in [3.05, 3.63) is 103 Å². The van der Waals surface area contributed by atoms with Crippen molar-refractivity contribution < 1.29 is 4.79 Å². The van der Waals surface area contributed by atoms with Crippen molar-refractivity contribution in [3.8, 4) is 16.9 Å². The summed E-state index contributed by atoms with van der Waals surface area (Å²) < 4.78 is 1.81. The van der Waals surface area contributed by atoms with Crippen LogP contribution in [0.15, 0.2) is 91.4 Å². The number of carbonyl (C=O) groups excluding carboxylic acids is 1. The monoisotopic (exact) mass is 368 g/mol. The molecule has 0 aliphatic rings. The van der Waals surface area contributed by atoms with Gasteiger partial charge >= 0.3 is 0 Å². The molecule has 0 saturated heterocycles. The number of rotatable bonds is 5. The van der Waals surface area contributed by atoms with Gasteiger partial charge in [-0.2, -0.15) is 5.10 Å². The molecule has 0 aliphatic heterocycles. The van der Waals surface area contributed by atoms with Gasteiger partial charge in [-0.25, -0.2) is 4.68 Å². The molecule has 138 valence electrons. The summed E-state index contributed by atoms with van der Waals surface area (Å²) in [6.45, 7) is 0.561. The van der Waals surface area contributed by atoms with Crippen LogP contribution in [0.25, 0.3) is 16.9 Å². The number of carbonyl (C=O) groups is 1. The minimum Gasteiger partial charge on any atom is -0.337 e. The van der Waals surface area contributed by atoms with Crippen LogP contribution >= 0.6 is 0 Å². The quantitative estimate of drug-likeness (QED) is 0.530. The molecule has 0 unspecified atom stereocenters. The number of hydrogen-bond donors (Lipinski definition) is 0. The van der Waals surface area contributed by atoms with Crippen LogP contribution in [0.5, 0.6) is 0 Å². The topological polar surface area (TPSA) is 51.0 Å². The summed E-state index contributed by atoms with van der Waals surface area (Å²) >= 11 is 0. The average molecular weight is 368 g/mol. The highest BCUT2D eigenvalue weighted by Crippen LogP contribution is 2.19. The van der Waals surface area contributed by atoms with E-state index in [0.717, 1.165) is 22.5 Å². The molecule has 0 aliphatic carbocycles. The van der Waals surface area contributed by atoms with Crippen LogP contribution in [-0.4, -0.2) is 32.6 Å². The van der Waals surface area contributed by atoms with Gasteiger partial charge in [0.1, 0.15) is 0 Å². The minimum atomic E-state index is -0.0529. The Bertz CT molecular complexity index is 1060. The first-order chi connectivity index (χ1) is 13.7. The van der Waals surface area contributed by atoms with Crippen LogP contribution < -0.4 is 0 Å². The van der Waals surface area contributed by atoms with Crippen LogP contribution in [0.4, 0.5) is 0 Å². The van der Waals surface area contributed by atoms with Crippen molar-refractivity contribution >= 4 is 5.91 Å². The first-order valence-corrected chi connectivity index (χ1v) is 9.06. The zero-order chi connectivity index (χ0) is 19.3. The van der Waals surface area contributed by atoms with E-state index in [9.17, 15) is 4.79 Å². The molecule has 0 saturated carbocycles. The van der Waals surface area contributed by atoms with Gasteiger partial charge in [0.05, 0.1) is 23.1 Å². The van der Waals surface area contributed by atoms with E-state index in [0.29, 0.717) is 12.1 Å². The van der Waals surface area contributed by atoms with Gasteiger partial charge in [0.2, 0.25) is 0 Å². The van der Waals surface area contributed by atoms with Crippen LogP contribution in [0, 0.1) is 0 Å². The van der Waals surface area contributed by atoms with Gasteiger partial charge in [-0.15, -0.1) is 0 Å². The third kappa shape index (κ3) is 3.83.